The number of rotatable bonds is 2. The molecule has 84 valence electrons. The summed E-state index contributed by atoms with van der Waals surface area (Å²) in [6.45, 7) is 4.96. The van der Waals surface area contributed by atoms with Crippen LogP contribution in [0.25, 0.3) is 0 Å². The van der Waals surface area contributed by atoms with E-state index in [9.17, 15) is 4.39 Å². The third kappa shape index (κ3) is 1.76. The molecule has 1 aliphatic heterocycles. The molecule has 1 aromatic rings. The molecule has 15 heavy (non-hydrogen) atoms. The highest BCUT2D eigenvalue weighted by molar-refractivity contribution is 6.31. The van der Waals surface area contributed by atoms with Gasteiger partial charge in [-0.2, -0.15) is 5.10 Å². The highest BCUT2D eigenvalue weighted by Crippen LogP contribution is 2.37. The Morgan fingerprint density at radius 3 is 2.93 bits per heavy atom. The minimum absolute atomic E-state index is 0.126. The van der Waals surface area contributed by atoms with Crippen LogP contribution < -0.4 is 5.32 Å². The van der Waals surface area contributed by atoms with Gasteiger partial charge in [-0.1, -0.05) is 11.6 Å². The molecule has 1 N–H and O–H groups in total. The predicted molar refractivity (Wildman–Crippen MR) is 57.9 cm³/mol. The van der Waals surface area contributed by atoms with Crippen LogP contribution in [0.1, 0.15) is 32.0 Å². The summed E-state index contributed by atoms with van der Waals surface area (Å²) in [6.07, 6.45) is 1.99. The summed E-state index contributed by atoms with van der Waals surface area (Å²) in [5, 5.41) is 7.57. The van der Waals surface area contributed by atoms with Crippen LogP contribution in [0.5, 0.6) is 0 Å². The fraction of sp³-hybridized carbons (Fsp3) is 0.700. The second-order valence-electron chi connectivity index (χ2n) is 4.27. The third-order valence-corrected chi connectivity index (χ3v) is 3.04. The Labute approximate surface area is 93.6 Å². The minimum Gasteiger partial charge on any atom is -0.313 e. The molecule has 0 bridgehead atoms. The molecule has 5 heteroatoms. The van der Waals surface area contributed by atoms with E-state index >= 15 is 0 Å². The summed E-state index contributed by atoms with van der Waals surface area (Å²) in [5.74, 6) is 0. The van der Waals surface area contributed by atoms with Crippen molar-refractivity contribution in [2.75, 3.05) is 13.1 Å². The van der Waals surface area contributed by atoms with E-state index in [0.717, 1.165) is 0 Å². The third-order valence-electron chi connectivity index (χ3n) is 2.77. The number of halogens is 2. The second kappa shape index (κ2) is 3.76. The van der Waals surface area contributed by atoms with E-state index in [1.165, 1.54) is 6.20 Å². The number of hydrogen-bond acceptors (Lipinski definition) is 2. The fourth-order valence-electron chi connectivity index (χ4n) is 2.02. The highest BCUT2D eigenvalue weighted by atomic mass is 35.5. The lowest BCUT2D eigenvalue weighted by molar-refractivity contribution is 0.174. The Balaban J connectivity index is 2.45. The van der Waals surface area contributed by atoms with Crippen LogP contribution in [0.3, 0.4) is 0 Å². The van der Waals surface area contributed by atoms with Crippen molar-refractivity contribution in [2.45, 2.75) is 32.0 Å². The van der Waals surface area contributed by atoms with Gasteiger partial charge in [-0.15, -0.1) is 0 Å². The van der Waals surface area contributed by atoms with Crippen molar-refractivity contribution >= 4 is 11.6 Å². The lowest BCUT2D eigenvalue weighted by atomic mass is 10.0. The molecule has 1 fully saturated rings. The van der Waals surface area contributed by atoms with E-state index in [1.807, 2.05) is 13.8 Å². The van der Waals surface area contributed by atoms with Crippen molar-refractivity contribution in [2.24, 2.45) is 0 Å². The molecule has 2 rings (SSSR count). The van der Waals surface area contributed by atoms with Gasteiger partial charge in [-0.05, 0) is 20.4 Å². The number of hydrogen-bond donors (Lipinski definition) is 1. The molecule has 0 saturated carbocycles. The van der Waals surface area contributed by atoms with Gasteiger partial charge >= 0.3 is 0 Å². The van der Waals surface area contributed by atoms with Crippen molar-refractivity contribution in [3.63, 3.8) is 0 Å². The van der Waals surface area contributed by atoms with E-state index in [2.05, 4.69) is 10.4 Å². The van der Waals surface area contributed by atoms with Gasteiger partial charge in [0.15, 0.2) is 5.67 Å². The highest BCUT2D eigenvalue weighted by Gasteiger charge is 2.40. The van der Waals surface area contributed by atoms with Gasteiger partial charge in [0.2, 0.25) is 0 Å². The van der Waals surface area contributed by atoms with E-state index in [4.69, 9.17) is 11.6 Å². The zero-order chi connectivity index (χ0) is 11.1. The maximum absolute atomic E-state index is 14.6. The van der Waals surface area contributed by atoms with Gasteiger partial charge in [0.1, 0.15) is 0 Å². The fourth-order valence-corrected chi connectivity index (χ4v) is 2.32. The molecule has 1 atom stereocenters. The summed E-state index contributed by atoms with van der Waals surface area (Å²) < 4.78 is 16.2. The molecule has 0 spiro atoms. The molecule has 0 amide bonds. The molecular weight excluding hydrogens is 217 g/mol. The maximum Gasteiger partial charge on any atom is 0.167 e. The molecule has 0 aromatic carbocycles. The van der Waals surface area contributed by atoms with Gasteiger partial charge in [-0.25, -0.2) is 4.39 Å². The quantitative estimate of drug-likeness (QED) is 0.846. The Morgan fingerprint density at radius 1 is 1.67 bits per heavy atom. The van der Waals surface area contributed by atoms with Crippen molar-refractivity contribution in [1.82, 2.24) is 15.1 Å². The first-order valence-corrected chi connectivity index (χ1v) is 5.55. The SMILES string of the molecule is CC(C)n1ncc(Cl)c1C1(F)CCNC1. The van der Waals surface area contributed by atoms with E-state index < -0.39 is 5.67 Å². The lowest BCUT2D eigenvalue weighted by Gasteiger charge is -2.22. The Morgan fingerprint density at radius 2 is 2.40 bits per heavy atom. The van der Waals surface area contributed by atoms with E-state index in [1.54, 1.807) is 4.68 Å². The summed E-state index contributed by atoms with van der Waals surface area (Å²) in [5.41, 5.74) is -0.845. The average molecular weight is 232 g/mol. The van der Waals surface area contributed by atoms with Crippen LogP contribution in [-0.4, -0.2) is 22.9 Å². The number of aromatic nitrogens is 2. The van der Waals surface area contributed by atoms with Crippen molar-refractivity contribution < 1.29 is 4.39 Å². The monoisotopic (exact) mass is 231 g/mol. The smallest absolute Gasteiger partial charge is 0.167 e. The van der Waals surface area contributed by atoms with Gasteiger partial charge < -0.3 is 5.32 Å². The van der Waals surface area contributed by atoms with E-state index in [-0.39, 0.29) is 6.04 Å². The summed E-state index contributed by atoms with van der Waals surface area (Å²) in [7, 11) is 0. The van der Waals surface area contributed by atoms with Crippen molar-refractivity contribution in [1.29, 1.82) is 0 Å². The summed E-state index contributed by atoms with van der Waals surface area (Å²) in [6, 6.07) is 0.126. The normalized spacial score (nSPS) is 26.5. The second-order valence-corrected chi connectivity index (χ2v) is 4.68. The standard InChI is InChI=1S/C10H15ClFN3/c1-7(2)15-9(8(11)5-14-15)10(12)3-4-13-6-10/h5,7,13H,3-4,6H2,1-2H3. The first-order chi connectivity index (χ1) is 7.04. The molecule has 0 aliphatic carbocycles. The van der Waals surface area contributed by atoms with Crippen LogP contribution in [0.4, 0.5) is 4.39 Å². The Bertz CT molecular complexity index is 356. The molecule has 2 heterocycles. The van der Waals surface area contributed by atoms with Crippen LogP contribution in [0.2, 0.25) is 5.02 Å². The Kier molecular flexibility index (Phi) is 2.73. The molecular formula is C10H15ClFN3. The predicted octanol–water partition coefficient (Wildman–Crippen LogP) is 2.28. The number of nitrogens with zero attached hydrogens (tertiary/aromatic N) is 2. The van der Waals surface area contributed by atoms with Crippen LogP contribution >= 0.6 is 11.6 Å². The topological polar surface area (TPSA) is 29.9 Å². The van der Waals surface area contributed by atoms with Crippen molar-refractivity contribution in [3.05, 3.63) is 16.9 Å². The lowest BCUT2D eigenvalue weighted by Crippen LogP contribution is -2.28. The van der Waals surface area contributed by atoms with Crippen molar-refractivity contribution in [3.8, 4) is 0 Å². The zero-order valence-electron chi connectivity index (χ0n) is 8.93. The first-order valence-electron chi connectivity index (χ1n) is 5.18. The number of nitrogens with one attached hydrogen (secondary N) is 1. The summed E-state index contributed by atoms with van der Waals surface area (Å²) >= 11 is 6.01. The Hall–Kier alpha value is -0.610. The molecule has 1 unspecified atom stereocenters. The van der Waals surface area contributed by atoms with Gasteiger partial charge in [-0.3, -0.25) is 4.68 Å². The van der Waals surface area contributed by atoms with Crippen LogP contribution in [0, 0.1) is 0 Å². The first kappa shape index (κ1) is 10.9. The van der Waals surface area contributed by atoms with Gasteiger partial charge in [0, 0.05) is 19.0 Å². The van der Waals surface area contributed by atoms with Gasteiger partial charge in [0.25, 0.3) is 0 Å². The largest absolute Gasteiger partial charge is 0.313 e. The molecule has 1 aliphatic rings. The molecule has 1 saturated heterocycles. The average Bonchev–Trinajstić information content (AvgIpc) is 2.72. The summed E-state index contributed by atoms with van der Waals surface area (Å²) in [4.78, 5) is 0. The minimum atomic E-state index is -1.36. The zero-order valence-corrected chi connectivity index (χ0v) is 9.68. The van der Waals surface area contributed by atoms with Crippen LogP contribution in [-0.2, 0) is 5.67 Å². The number of alkyl halides is 1. The molecule has 1 aromatic heterocycles. The van der Waals surface area contributed by atoms with Crippen LogP contribution in [0.15, 0.2) is 6.20 Å². The molecule has 3 nitrogen and oxygen atoms in total. The molecule has 0 radical (unpaired) electrons. The maximum atomic E-state index is 14.6. The van der Waals surface area contributed by atoms with Gasteiger partial charge in [0.05, 0.1) is 16.9 Å². The van der Waals surface area contributed by atoms with E-state index in [0.29, 0.717) is 30.2 Å².